The van der Waals surface area contributed by atoms with Crippen LogP contribution in [0.1, 0.15) is 111 Å². The average Bonchev–Trinajstić information content (AvgIpc) is 3.31. The van der Waals surface area contributed by atoms with E-state index in [-0.39, 0.29) is 34.5 Å². The molecule has 2 aliphatic heterocycles. The molecular formula is C27H48O4S2. The van der Waals surface area contributed by atoms with Gasteiger partial charge in [0.15, 0.2) is 0 Å². The normalized spacial score (nSPS) is 26.0. The molecule has 4 nitrogen and oxygen atoms in total. The van der Waals surface area contributed by atoms with E-state index in [1.807, 2.05) is 0 Å². The van der Waals surface area contributed by atoms with Crippen molar-refractivity contribution in [2.75, 3.05) is 13.2 Å². The molecule has 4 unspecified atom stereocenters. The van der Waals surface area contributed by atoms with E-state index in [0.29, 0.717) is 0 Å². The standard InChI is InChI=1S/C27H48O4S2/c1-26(2,20-28)18-7-5-10-22-14-16-24(32(22)30)12-9-13-25-17-15-23(33(25)31)11-6-8-19-27(3,4)21-29/h14,17,23-24,28-29H,5-13,15-16,18-21H2,1-4H3. The summed E-state index contributed by atoms with van der Waals surface area (Å²) >= 11 is 0. The zero-order valence-corrected chi connectivity index (χ0v) is 23.1. The molecule has 0 aliphatic carbocycles. The van der Waals surface area contributed by atoms with Crippen molar-refractivity contribution in [2.45, 2.75) is 122 Å². The molecule has 0 saturated carbocycles. The van der Waals surface area contributed by atoms with Gasteiger partial charge in [-0.1, -0.05) is 59.1 Å². The molecule has 0 saturated heterocycles. The number of aliphatic hydroxyl groups excluding tert-OH is 2. The van der Waals surface area contributed by atoms with Gasteiger partial charge in [-0.3, -0.25) is 8.42 Å². The fraction of sp³-hybridized carbons (Fsp3) is 0.852. The van der Waals surface area contributed by atoms with E-state index in [1.165, 1.54) is 0 Å². The third-order valence-electron chi connectivity index (χ3n) is 7.30. The van der Waals surface area contributed by atoms with Gasteiger partial charge in [-0.05, 0) is 75.0 Å². The fourth-order valence-electron chi connectivity index (χ4n) is 4.69. The number of hydrogen-bond acceptors (Lipinski definition) is 4. The van der Waals surface area contributed by atoms with Gasteiger partial charge >= 0.3 is 0 Å². The number of unbranched alkanes of at least 4 members (excludes halogenated alkanes) is 2. The molecule has 0 aromatic rings. The zero-order valence-electron chi connectivity index (χ0n) is 21.4. The summed E-state index contributed by atoms with van der Waals surface area (Å²) in [6.07, 6.45) is 17.2. The van der Waals surface area contributed by atoms with Gasteiger partial charge in [0.2, 0.25) is 0 Å². The summed E-state index contributed by atoms with van der Waals surface area (Å²) in [5.41, 5.74) is -0.0271. The molecule has 2 N–H and O–H groups in total. The predicted octanol–water partition coefficient (Wildman–Crippen LogP) is 6.12. The van der Waals surface area contributed by atoms with Crippen LogP contribution in [-0.2, 0) is 21.6 Å². The van der Waals surface area contributed by atoms with E-state index < -0.39 is 21.6 Å². The molecule has 0 fully saturated rings. The highest BCUT2D eigenvalue weighted by Crippen LogP contribution is 2.33. The summed E-state index contributed by atoms with van der Waals surface area (Å²) in [5.74, 6) is 0. The van der Waals surface area contributed by atoms with Gasteiger partial charge in [-0.25, -0.2) is 0 Å². The van der Waals surface area contributed by atoms with Crippen LogP contribution >= 0.6 is 0 Å². The Labute approximate surface area is 207 Å². The second-order valence-corrected chi connectivity index (χ2v) is 15.2. The minimum absolute atomic E-state index is 0.00981. The second-order valence-electron chi connectivity index (χ2n) is 11.6. The second kappa shape index (κ2) is 13.7. The number of aliphatic hydroxyl groups is 2. The maximum atomic E-state index is 12.9. The number of hydrogen-bond donors (Lipinski definition) is 2. The number of allylic oxidation sites excluding steroid dienone is 4. The molecule has 0 bridgehead atoms. The molecular weight excluding hydrogens is 452 g/mol. The summed E-state index contributed by atoms with van der Waals surface area (Å²) in [4.78, 5) is 2.23. The smallest absolute Gasteiger partial charge is 0.0519 e. The van der Waals surface area contributed by atoms with Crippen molar-refractivity contribution in [3.8, 4) is 0 Å². The Hall–Kier alpha value is -0.300. The maximum absolute atomic E-state index is 12.9. The summed E-state index contributed by atoms with van der Waals surface area (Å²) in [5, 5.41) is 19.2. The van der Waals surface area contributed by atoms with Crippen molar-refractivity contribution in [3.05, 3.63) is 22.0 Å². The van der Waals surface area contributed by atoms with Gasteiger partial charge < -0.3 is 10.2 Å². The number of rotatable bonds is 16. The van der Waals surface area contributed by atoms with E-state index in [0.717, 1.165) is 93.3 Å². The van der Waals surface area contributed by atoms with E-state index in [1.54, 1.807) is 0 Å². The molecule has 2 heterocycles. The van der Waals surface area contributed by atoms with Crippen molar-refractivity contribution in [3.63, 3.8) is 0 Å². The van der Waals surface area contributed by atoms with Crippen LogP contribution in [0, 0.1) is 10.8 Å². The van der Waals surface area contributed by atoms with Crippen LogP contribution in [0.4, 0.5) is 0 Å². The first-order chi connectivity index (χ1) is 15.6. The van der Waals surface area contributed by atoms with Crippen molar-refractivity contribution < 1.29 is 18.6 Å². The minimum atomic E-state index is -0.859. The largest absolute Gasteiger partial charge is 0.396 e. The molecule has 2 aliphatic rings. The lowest BCUT2D eigenvalue weighted by atomic mass is 9.88. The van der Waals surface area contributed by atoms with Gasteiger partial charge in [0.25, 0.3) is 0 Å². The highest BCUT2D eigenvalue weighted by atomic mass is 32.2. The fourth-order valence-corrected chi connectivity index (χ4v) is 8.06. The van der Waals surface area contributed by atoms with Gasteiger partial charge in [-0.2, -0.15) is 0 Å². The lowest BCUT2D eigenvalue weighted by Crippen LogP contribution is -2.17. The summed E-state index contributed by atoms with van der Waals surface area (Å²) in [7, 11) is -1.71. The molecule has 2 rings (SSSR count). The minimum Gasteiger partial charge on any atom is -0.396 e. The molecule has 0 spiro atoms. The third-order valence-corrected chi connectivity index (χ3v) is 11.1. The summed E-state index contributed by atoms with van der Waals surface area (Å²) in [6, 6.07) is 0. The first kappa shape index (κ1) is 28.9. The van der Waals surface area contributed by atoms with E-state index >= 15 is 0 Å². The van der Waals surface area contributed by atoms with Crippen LogP contribution in [0.25, 0.3) is 0 Å². The Kier molecular flexibility index (Phi) is 12.0. The lowest BCUT2D eigenvalue weighted by Gasteiger charge is -2.21. The van der Waals surface area contributed by atoms with E-state index in [2.05, 4.69) is 39.8 Å². The quantitative estimate of drug-likeness (QED) is 0.250. The molecule has 0 aromatic heterocycles. The third kappa shape index (κ3) is 9.70. The van der Waals surface area contributed by atoms with E-state index in [4.69, 9.17) is 0 Å². The topological polar surface area (TPSA) is 74.6 Å². The Balaban J connectivity index is 1.61. The molecule has 0 aromatic carbocycles. The van der Waals surface area contributed by atoms with Crippen LogP contribution in [0.5, 0.6) is 0 Å². The maximum Gasteiger partial charge on any atom is 0.0519 e. The van der Waals surface area contributed by atoms with Crippen LogP contribution < -0.4 is 0 Å². The zero-order chi connectivity index (χ0) is 24.5. The van der Waals surface area contributed by atoms with Crippen molar-refractivity contribution in [1.82, 2.24) is 0 Å². The summed E-state index contributed by atoms with van der Waals surface area (Å²) in [6.45, 7) is 8.80. The lowest BCUT2D eigenvalue weighted by molar-refractivity contribution is 0.147. The summed E-state index contributed by atoms with van der Waals surface area (Å²) < 4.78 is 25.7. The van der Waals surface area contributed by atoms with Crippen molar-refractivity contribution in [2.24, 2.45) is 10.8 Å². The first-order valence-corrected chi connectivity index (χ1v) is 15.4. The SMILES string of the molecule is CC(C)(CO)CCCCC1=CCC(CCCC2=CCC(CCCCC(C)(C)CO)S2=O)S1=O. The van der Waals surface area contributed by atoms with Gasteiger partial charge in [0, 0.05) is 33.5 Å². The van der Waals surface area contributed by atoms with Crippen LogP contribution in [-0.4, -0.2) is 42.3 Å². The molecule has 33 heavy (non-hydrogen) atoms. The van der Waals surface area contributed by atoms with Crippen molar-refractivity contribution in [1.29, 1.82) is 0 Å². The highest BCUT2D eigenvalue weighted by molar-refractivity contribution is 7.90. The Morgan fingerprint density at radius 3 is 1.64 bits per heavy atom. The average molecular weight is 501 g/mol. The Bertz CT molecular complexity index is 724. The Morgan fingerprint density at radius 2 is 1.15 bits per heavy atom. The molecule has 6 heteroatoms. The monoisotopic (exact) mass is 500 g/mol. The predicted molar refractivity (Wildman–Crippen MR) is 142 cm³/mol. The van der Waals surface area contributed by atoms with Gasteiger partial charge in [-0.15, -0.1) is 0 Å². The molecule has 0 radical (unpaired) electrons. The van der Waals surface area contributed by atoms with Crippen LogP contribution in [0.15, 0.2) is 22.0 Å². The highest BCUT2D eigenvalue weighted by Gasteiger charge is 2.28. The molecule has 4 atom stereocenters. The van der Waals surface area contributed by atoms with Crippen LogP contribution in [0.2, 0.25) is 0 Å². The van der Waals surface area contributed by atoms with Gasteiger partial charge in [0.1, 0.15) is 0 Å². The van der Waals surface area contributed by atoms with Crippen molar-refractivity contribution >= 4 is 21.6 Å². The van der Waals surface area contributed by atoms with E-state index in [9.17, 15) is 18.6 Å². The Morgan fingerprint density at radius 1 is 0.727 bits per heavy atom. The van der Waals surface area contributed by atoms with Crippen LogP contribution in [0.3, 0.4) is 0 Å². The molecule has 192 valence electrons. The molecule has 0 amide bonds. The first-order valence-electron chi connectivity index (χ1n) is 13.0. The van der Waals surface area contributed by atoms with Gasteiger partial charge in [0.05, 0.1) is 21.6 Å².